The molecule has 1 aromatic heterocycles. The van der Waals surface area contributed by atoms with Crippen LogP contribution in [0.5, 0.6) is 0 Å². The fourth-order valence-corrected chi connectivity index (χ4v) is 2.26. The summed E-state index contributed by atoms with van der Waals surface area (Å²) in [6, 6.07) is 14.9. The number of nitrogens with zero attached hydrogens (tertiary/aromatic N) is 2. The number of carbonyl (C=O) groups excluding carboxylic acids is 1. The summed E-state index contributed by atoms with van der Waals surface area (Å²) in [6.07, 6.45) is 2.96. The molecule has 126 valence electrons. The van der Waals surface area contributed by atoms with Crippen LogP contribution in [0.4, 0.5) is 0 Å². The van der Waals surface area contributed by atoms with Crippen molar-refractivity contribution in [3.63, 3.8) is 0 Å². The number of halogens is 1. The maximum absolute atomic E-state index is 11.8. The summed E-state index contributed by atoms with van der Waals surface area (Å²) in [6.45, 7) is 1.83. The van der Waals surface area contributed by atoms with Crippen molar-refractivity contribution in [3.8, 4) is 11.4 Å². The first-order valence-corrected chi connectivity index (χ1v) is 7.98. The standard InChI is InChI=1S/C19H15ClN2O3/c1-13-7-8-14(11-16(13)20)9-10-18(23)24-12-17-21-19(22-25-17)15-5-3-2-4-6-15/h2-11H,12H2,1H3/b10-9+. The molecule has 0 saturated heterocycles. The van der Waals surface area contributed by atoms with Gasteiger partial charge in [-0.05, 0) is 30.2 Å². The fourth-order valence-electron chi connectivity index (χ4n) is 2.08. The predicted octanol–water partition coefficient (Wildman–Crippen LogP) is 4.46. The Balaban J connectivity index is 1.56. The number of carbonyl (C=O) groups is 1. The molecule has 3 aromatic rings. The number of hydrogen-bond donors (Lipinski definition) is 0. The van der Waals surface area contributed by atoms with Crippen LogP contribution in [-0.2, 0) is 16.1 Å². The van der Waals surface area contributed by atoms with E-state index in [2.05, 4.69) is 10.1 Å². The smallest absolute Gasteiger partial charge is 0.331 e. The van der Waals surface area contributed by atoms with Gasteiger partial charge >= 0.3 is 5.97 Å². The molecule has 0 aliphatic rings. The third-order valence-electron chi connectivity index (χ3n) is 3.45. The van der Waals surface area contributed by atoms with Gasteiger partial charge in [0.1, 0.15) is 0 Å². The van der Waals surface area contributed by atoms with E-state index in [4.69, 9.17) is 20.9 Å². The van der Waals surface area contributed by atoms with Crippen molar-refractivity contribution < 1.29 is 14.1 Å². The molecule has 0 spiro atoms. The molecule has 0 aliphatic heterocycles. The Hall–Kier alpha value is -2.92. The van der Waals surface area contributed by atoms with Crippen LogP contribution in [0.1, 0.15) is 17.0 Å². The lowest BCUT2D eigenvalue weighted by Gasteiger charge is -1.99. The van der Waals surface area contributed by atoms with Crippen molar-refractivity contribution in [1.29, 1.82) is 0 Å². The van der Waals surface area contributed by atoms with Gasteiger partial charge in [-0.25, -0.2) is 4.79 Å². The Kier molecular flexibility index (Phi) is 5.26. The molecule has 0 fully saturated rings. The molecule has 2 aromatic carbocycles. The second-order valence-corrected chi connectivity index (χ2v) is 5.73. The predicted molar refractivity (Wildman–Crippen MR) is 94.8 cm³/mol. The Morgan fingerprint density at radius 3 is 2.80 bits per heavy atom. The molecule has 0 amide bonds. The highest BCUT2D eigenvalue weighted by Gasteiger charge is 2.09. The van der Waals surface area contributed by atoms with E-state index in [-0.39, 0.29) is 12.5 Å². The number of ether oxygens (including phenoxy) is 1. The van der Waals surface area contributed by atoms with Crippen molar-refractivity contribution in [2.75, 3.05) is 0 Å². The highest BCUT2D eigenvalue weighted by molar-refractivity contribution is 6.31. The molecule has 0 aliphatic carbocycles. The van der Waals surface area contributed by atoms with Gasteiger partial charge in [-0.2, -0.15) is 4.98 Å². The molecular weight excluding hydrogens is 340 g/mol. The third kappa shape index (κ3) is 4.55. The third-order valence-corrected chi connectivity index (χ3v) is 3.85. The fraction of sp³-hybridized carbons (Fsp3) is 0.105. The highest BCUT2D eigenvalue weighted by atomic mass is 35.5. The van der Waals surface area contributed by atoms with Gasteiger partial charge in [-0.3, -0.25) is 0 Å². The van der Waals surface area contributed by atoms with Crippen LogP contribution in [0.25, 0.3) is 17.5 Å². The van der Waals surface area contributed by atoms with Crippen molar-refractivity contribution in [2.45, 2.75) is 13.5 Å². The van der Waals surface area contributed by atoms with E-state index in [1.807, 2.05) is 49.4 Å². The lowest BCUT2D eigenvalue weighted by atomic mass is 10.1. The van der Waals surface area contributed by atoms with Crippen molar-refractivity contribution in [3.05, 3.63) is 76.6 Å². The Labute approximate surface area is 149 Å². The first kappa shape index (κ1) is 16.9. The monoisotopic (exact) mass is 354 g/mol. The second kappa shape index (κ2) is 7.77. The van der Waals surface area contributed by atoms with Crippen molar-refractivity contribution in [1.82, 2.24) is 10.1 Å². The lowest BCUT2D eigenvalue weighted by molar-refractivity contribution is -0.139. The molecule has 25 heavy (non-hydrogen) atoms. The van der Waals surface area contributed by atoms with Crippen molar-refractivity contribution in [2.24, 2.45) is 0 Å². The van der Waals surface area contributed by atoms with E-state index in [9.17, 15) is 4.79 Å². The van der Waals surface area contributed by atoms with Gasteiger partial charge in [-0.15, -0.1) is 0 Å². The summed E-state index contributed by atoms with van der Waals surface area (Å²) < 4.78 is 10.2. The zero-order chi connectivity index (χ0) is 17.6. The van der Waals surface area contributed by atoms with Crippen molar-refractivity contribution >= 4 is 23.6 Å². The number of hydrogen-bond acceptors (Lipinski definition) is 5. The second-order valence-electron chi connectivity index (χ2n) is 5.33. The summed E-state index contributed by atoms with van der Waals surface area (Å²) in [5.41, 5.74) is 2.63. The number of aromatic nitrogens is 2. The molecule has 6 heteroatoms. The largest absolute Gasteiger partial charge is 0.452 e. The van der Waals surface area contributed by atoms with Crippen LogP contribution in [0.2, 0.25) is 5.02 Å². The van der Waals surface area contributed by atoms with Gasteiger partial charge in [0.25, 0.3) is 5.89 Å². The van der Waals surface area contributed by atoms with Crippen LogP contribution >= 0.6 is 11.6 Å². The first-order valence-electron chi connectivity index (χ1n) is 7.61. The maximum atomic E-state index is 11.8. The minimum atomic E-state index is -0.504. The van der Waals surface area contributed by atoms with Crippen LogP contribution in [0.15, 0.2) is 59.1 Å². The molecule has 0 bridgehead atoms. The van der Waals surface area contributed by atoms with Gasteiger partial charge in [0, 0.05) is 16.7 Å². The molecule has 0 atom stereocenters. The SMILES string of the molecule is Cc1ccc(/C=C/C(=O)OCc2nc(-c3ccccc3)no2)cc1Cl. The molecule has 1 heterocycles. The summed E-state index contributed by atoms with van der Waals surface area (Å²) >= 11 is 6.05. The Bertz CT molecular complexity index is 904. The van der Waals surface area contributed by atoms with E-state index < -0.39 is 5.97 Å². The number of esters is 1. The minimum absolute atomic E-state index is 0.0857. The van der Waals surface area contributed by atoms with E-state index in [0.29, 0.717) is 10.8 Å². The van der Waals surface area contributed by atoms with E-state index >= 15 is 0 Å². The average Bonchev–Trinajstić information content (AvgIpc) is 3.11. The summed E-state index contributed by atoms with van der Waals surface area (Å²) in [5.74, 6) is 0.187. The molecular formula is C19H15ClN2O3. The maximum Gasteiger partial charge on any atom is 0.331 e. The topological polar surface area (TPSA) is 65.2 Å². The first-order chi connectivity index (χ1) is 12.1. The number of benzene rings is 2. The molecule has 3 rings (SSSR count). The summed E-state index contributed by atoms with van der Waals surface area (Å²) in [4.78, 5) is 16.0. The molecule has 0 radical (unpaired) electrons. The molecule has 0 N–H and O–H groups in total. The van der Waals surface area contributed by atoms with E-state index in [1.165, 1.54) is 6.08 Å². The summed E-state index contributed by atoms with van der Waals surface area (Å²) in [7, 11) is 0. The minimum Gasteiger partial charge on any atom is -0.452 e. The van der Waals surface area contributed by atoms with Gasteiger partial charge in [-0.1, -0.05) is 59.2 Å². The van der Waals surface area contributed by atoms with Gasteiger partial charge in [0.15, 0.2) is 6.61 Å². The quantitative estimate of drug-likeness (QED) is 0.500. The van der Waals surface area contributed by atoms with Gasteiger partial charge in [0.05, 0.1) is 0 Å². The zero-order valence-corrected chi connectivity index (χ0v) is 14.2. The lowest BCUT2D eigenvalue weighted by Crippen LogP contribution is -2.01. The Morgan fingerprint density at radius 2 is 2.04 bits per heavy atom. The van der Waals surface area contributed by atoms with Gasteiger partial charge in [0.2, 0.25) is 5.82 Å². The van der Waals surface area contributed by atoms with E-state index in [0.717, 1.165) is 16.7 Å². The average molecular weight is 355 g/mol. The number of aryl methyl sites for hydroxylation is 1. The van der Waals surface area contributed by atoms with Crippen LogP contribution < -0.4 is 0 Å². The normalized spacial score (nSPS) is 11.0. The van der Waals surface area contributed by atoms with Gasteiger partial charge < -0.3 is 9.26 Å². The Morgan fingerprint density at radius 1 is 1.24 bits per heavy atom. The van der Waals surface area contributed by atoms with Crippen LogP contribution in [0, 0.1) is 6.92 Å². The highest BCUT2D eigenvalue weighted by Crippen LogP contribution is 2.18. The zero-order valence-electron chi connectivity index (χ0n) is 13.5. The number of rotatable bonds is 5. The molecule has 0 saturated carbocycles. The molecule has 5 nitrogen and oxygen atoms in total. The van der Waals surface area contributed by atoms with Crippen LogP contribution in [-0.4, -0.2) is 16.1 Å². The summed E-state index contributed by atoms with van der Waals surface area (Å²) in [5, 5.41) is 4.51. The van der Waals surface area contributed by atoms with Crippen LogP contribution in [0.3, 0.4) is 0 Å². The van der Waals surface area contributed by atoms with E-state index in [1.54, 1.807) is 12.1 Å². The molecule has 0 unspecified atom stereocenters.